The van der Waals surface area contributed by atoms with Crippen molar-refractivity contribution >= 4 is 0 Å². The number of terminal acetylenes is 1. The number of hydrogen-bond donors (Lipinski definition) is 3. The van der Waals surface area contributed by atoms with E-state index in [-0.39, 0.29) is 23.6 Å². The number of ether oxygens (including phenoxy) is 2. The van der Waals surface area contributed by atoms with Gasteiger partial charge in [0, 0.05) is 7.11 Å². The smallest absolute Gasteiger partial charge is 0.270 e. The van der Waals surface area contributed by atoms with Gasteiger partial charge in [-0.05, 0) is 6.92 Å². The number of H-pyrrole nitrogens is 1. The molecule has 7 heteroatoms. The average Bonchev–Trinajstić information content (AvgIpc) is 2.77. The predicted molar refractivity (Wildman–Crippen MR) is 69.0 cm³/mol. The Morgan fingerprint density at radius 2 is 2.30 bits per heavy atom. The first-order chi connectivity index (χ1) is 9.53. The van der Waals surface area contributed by atoms with Crippen LogP contribution in [0, 0.1) is 19.3 Å². The molecule has 108 valence electrons. The normalized spacial score (nSPS) is 29.4. The zero-order valence-electron chi connectivity index (χ0n) is 11.2. The van der Waals surface area contributed by atoms with Crippen molar-refractivity contribution in [3.8, 4) is 12.3 Å². The molecule has 3 N–H and O–H groups in total. The van der Waals surface area contributed by atoms with E-state index in [4.69, 9.17) is 15.9 Å². The molecule has 0 bridgehead atoms. The van der Waals surface area contributed by atoms with Crippen LogP contribution < -0.4 is 5.56 Å². The number of aromatic amines is 1. The number of aryl methyl sites for hydroxylation is 1. The Kier molecular flexibility index (Phi) is 4.20. The van der Waals surface area contributed by atoms with Gasteiger partial charge < -0.3 is 24.7 Å². The van der Waals surface area contributed by atoms with E-state index >= 15 is 0 Å². The van der Waals surface area contributed by atoms with Gasteiger partial charge in [0.05, 0.1) is 6.61 Å². The summed E-state index contributed by atoms with van der Waals surface area (Å²) in [6, 6.07) is 0. The second-order valence-electron chi connectivity index (χ2n) is 4.52. The van der Waals surface area contributed by atoms with Crippen molar-refractivity contribution in [3.05, 3.63) is 27.4 Å². The molecule has 1 aliphatic heterocycles. The number of rotatable bonds is 3. The Labute approximate surface area is 115 Å². The number of nitrogens with one attached hydrogen (secondary N) is 1. The van der Waals surface area contributed by atoms with Gasteiger partial charge in [0.1, 0.15) is 41.5 Å². The summed E-state index contributed by atoms with van der Waals surface area (Å²) in [5, 5.41) is 19.2. The Hall–Kier alpha value is -1.72. The molecule has 1 aromatic heterocycles. The summed E-state index contributed by atoms with van der Waals surface area (Å²) in [5.41, 5.74) is 0.345. The van der Waals surface area contributed by atoms with E-state index in [2.05, 4.69) is 15.9 Å². The van der Waals surface area contributed by atoms with Crippen LogP contribution in [-0.4, -0.2) is 52.2 Å². The van der Waals surface area contributed by atoms with Gasteiger partial charge in [0.2, 0.25) is 0 Å². The maximum Gasteiger partial charge on any atom is 0.270 e. The Morgan fingerprint density at radius 3 is 2.85 bits per heavy atom. The topological polar surface area (TPSA) is 105 Å². The van der Waals surface area contributed by atoms with Crippen molar-refractivity contribution in [2.24, 2.45) is 0 Å². The van der Waals surface area contributed by atoms with E-state index in [1.165, 1.54) is 7.11 Å². The summed E-state index contributed by atoms with van der Waals surface area (Å²) in [7, 11) is 1.41. The zero-order valence-corrected chi connectivity index (χ0v) is 11.2. The van der Waals surface area contributed by atoms with Gasteiger partial charge in [-0.15, -0.1) is 6.42 Å². The van der Waals surface area contributed by atoms with Crippen molar-refractivity contribution in [1.82, 2.24) is 9.97 Å². The molecular weight excluding hydrogens is 264 g/mol. The fraction of sp³-hybridized carbons (Fsp3) is 0.538. The van der Waals surface area contributed by atoms with Gasteiger partial charge in [0.15, 0.2) is 0 Å². The number of methoxy groups -OCH3 is 1. The van der Waals surface area contributed by atoms with Gasteiger partial charge >= 0.3 is 0 Å². The van der Waals surface area contributed by atoms with Gasteiger partial charge in [0.25, 0.3) is 5.56 Å². The van der Waals surface area contributed by atoms with Crippen LogP contribution in [0.5, 0.6) is 0 Å². The minimum atomic E-state index is -1.00. The van der Waals surface area contributed by atoms with Crippen LogP contribution in [0.4, 0.5) is 0 Å². The molecular formula is C13H16N2O5. The Balaban J connectivity index is 2.48. The average molecular weight is 280 g/mol. The number of aliphatic hydroxyl groups is 2. The number of hydrogen-bond acceptors (Lipinski definition) is 6. The summed E-state index contributed by atoms with van der Waals surface area (Å²) in [6.45, 7) is 1.19. The van der Waals surface area contributed by atoms with Crippen LogP contribution in [-0.2, 0) is 9.47 Å². The van der Waals surface area contributed by atoms with Crippen molar-refractivity contribution < 1.29 is 19.7 Å². The first-order valence-electron chi connectivity index (χ1n) is 6.08. The maximum atomic E-state index is 11.5. The maximum absolute atomic E-state index is 11.5. The molecule has 7 nitrogen and oxygen atoms in total. The molecule has 1 fully saturated rings. The molecule has 20 heavy (non-hydrogen) atoms. The molecule has 0 amide bonds. The second-order valence-corrected chi connectivity index (χ2v) is 4.52. The lowest BCUT2D eigenvalue weighted by Gasteiger charge is -2.19. The minimum Gasteiger partial charge on any atom is -0.394 e. The molecule has 0 radical (unpaired) electrons. The highest BCUT2D eigenvalue weighted by atomic mass is 16.6. The largest absolute Gasteiger partial charge is 0.394 e. The number of aromatic nitrogens is 2. The van der Waals surface area contributed by atoms with Crippen molar-refractivity contribution in [2.75, 3.05) is 13.7 Å². The number of aliphatic hydroxyl groups excluding tert-OH is 2. The van der Waals surface area contributed by atoms with E-state index in [9.17, 15) is 15.0 Å². The molecule has 0 aromatic carbocycles. The summed E-state index contributed by atoms with van der Waals surface area (Å²) in [5.74, 6) is 2.34. The summed E-state index contributed by atoms with van der Waals surface area (Å²) in [4.78, 5) is 18.2. The van der Waals surface area contributed by atoms with Crippen molar-refractivity contribution in [3.63, 3.8) is 0 Å². The standard InChI is InChI=1S/C13H16N2O5/c1-4-7-9(14-6(2)13(18)15-7)11-12(19-3)10(17)8(5-16)20-11/h1,8,10-12,16-17H,5H2,2-3H3,(H,15,18)/t8-,10?,11+,12+/m1/s1. The molecule has 1 aromatic rings. The quantitative estimate of drug-likeness (QED) is 0.605. The van der Waals surface area contributed by atoms with Crippen LogP contribution in [0.3, 0.4) is 0 Å². The molecule has 1 unspecified atom stereocenters. The first kappa shape index (κ1) is 14.7. The predicted octanol–water partition coefficient (Wildman–Crippen LogP) is -1.13. The van der Waals surface area contributed by atoms with Crippen LogP contribution in [0.15, 0.2) is 4.79 Å². The van der Waals surface area contributed by atoms with Gasteiger partial charge in [-0.2, -0.15) is 0 Å². The van der Waals surface area contributed by atoms with E-state index in [1.807, 2.05) is 0 Å². The highest BCUT2D eigenvalue weighted by Gasteiger charge is 2.46. The van der Waals surface area contributed by atoms with Crippen molar-refractivity contribution in [1.29, 1.82) is 0 Å². The lowest BCUT2D eigenvalue weighted by Crippen LogP contribution is -2.34. The lowest BCUT2D eigenvalue weighted by atomic mass is 10.0. The number of nitrogens with zero attached hydrogens (tertiary/aromatic N) is 1. The van der Waals surface area contributed by atoms with Crippen LogP contribution in [0.1, 0.15) is 23.2 Å². The SMILES string of the molecule is C#Cc1[nH]c(=O)c(C)nc1[C@@H]1O[C@H](CO)C(O)[C@@H]1OC. The molecule has 0 spiro atoms. The third-order valence-corrected chi connectivity index (χ3v) is 3.31. The van der Waals surface area contributed by atoms with Gasteiger partial charge in [-0.3, -0.25) is 4.79 Å². The second kappa shape index (κ2) is 5.73. The van der Waals surface area contributed by atoms with Gasteiger partial charge in [-0.25, -0.2) is 4.98 Å². The molecule has 1 aliphatic rings. The molecule has 2 heterocycles. The summed E-state index contributed by atoms with van der Waals surface area (Å²) >= 11 is 0. The summed E-state index contributed by atoms with van der Waals surface area (Å²) in [6.07, 6.45) is 2.08. The summed E-state index contributed by atoms with van der Waals surface area (Å²) < 4.78 is 10.8. The first-order valence-corrected chi connectivity index (χ1v) is 6.08. The van der Waals surface area contributed by atoms with Crippen LogP contribution in [0.25, 0.3) is 0 Å². The molecule has 4 atom stereocenters. The molecule has 2 rings (SSSR count). The van der Waals surface area contributed by atoms with Crippen molar-refractivity contribution in [2.45, 2.75) is 31.3 Å². The highest BCUT2D eigenvalue weighted by molar-refractivity contribution is 5.32. The Morgan fingerprint density at radius 1 is 1.60 bits per heavy atom. The fourth-order valence-electron chi connectivity index (χ4n) is 2.24. The van der Waals surface area contributed by atoms with E-state index in [0.717, 1.165) is 0 Å². The fourth-order valence-corrected chi connectivity index (χ4v) is 2.24. The Bertz CT molecular complexity index is 591. The van der Waals surface area contributed by atoms with Crippen LogP contribution in [0.2, 0.25) is 0 Å². The molecule has 1 saturated heterocycles. The van der Waals surface area contributed by atoms with Crippen LogP contribution >= 0.6 is 0 Å². The monoisotopic (exact) mass is 280 g/mol. The van der Waals surface area contributed by atoms with E-state index < -0.39 is 24.4 Å². The molecule has 0 aliphatic carbocycles. The zero-order chi connectivity index (χ0) is 14.9. The molecule has 0 saturated carbocycles. The minimum absolute atomic E-state index is 0.179. The van der Waals surface area contributed by atoms with Gasteiger partial charge in [-0.1, -0.05) is 5.92 Å². The third-order valence-electron chi connectivity index (χ3n) is 3.31. The lowest BCUT2D eigenvalue weighted by molar-refractivity contribution is -0.0252. The van der Waals surface area contributed by atoms with E-state index in [1.54, 1.807) is 6.92 Å². The van der Waals surface area contributed by atoms with E-state index in [0.29, 0.717) is 5.69 Å². The third kappa shape index (κ3) is 2.34. The highest BCUT2D eigenvalue weighted by Crippen LogP contribution is 2.35.